The molecule has 0 amide bonds. The van der Waals surface area contributed by atoms with E-state index >= 15 is 0 Å². The van der Waals surface area contributed by atoms with Gasteiger partial charge in [-0.05, 0) is 98.6 Å². The summed E-state index contributed by atoms with van der Waals surface area (Å²) in [5.41, 5.74) is 10.3. The monoisotopic (exact) mass is 744 g/mol. The number of ether oxygens (including phenoxy) is 1. The standard InChI is InChI=1S/C36H29N4O2.Pt/c1-22-13-26(14-23(2)38-22)28-17-30(19-31(18-28)42-36-11-7-8-12-37-36)33-20-29(27-15-24(3)39-25(4)16-27)21-34(40-33)32-9-5-6-10-35(32)41;/h5-18,20-21,41H,1-4H3;/q-1;. The quantitative estimate of drug-likeness (QED) is 0.173. The molecule has 0 saturated heterocycles. The summed E-state index contributed by atoms with van der Waals surface area (Å²) in [5, 5.41) is 10.7. The van der Waals surface area contributed by atoms with E-state index in [-0.39, 0.29) is 26.8 Å². The SMILES string of the molecule is Cc1cc(-c2cc(Oc3ccccn3)[c-]c(-c3cc(-c4cc(C)nc(C)c4)cc(-c4ccccc4O)n3)c2)cc(C)n1.[Pt]. The van der Waals surface area contributed by atoms with Crippen LogP contribution in [0.2, 0.25) is 0 Å². The third-order valence-corrected chi connectivity index (χ3v) is 6.81. The van der Waals surface area contributed by atoms with Crippen molar-refractivity contribution in [3.63, 3.8) is 0 Å². The molecular weight excluding hydrogens is 716 g/mol. The number of aryl methyl sites for hydroxylation is 4. The molecule has 43 heavy (non-hydrogen) atoms. The summed E-state index contributed by atoms with van der Waals surface area (Å²) in [6, 6.07) is 32.5. The van der Waals surface area contributed by atoms with E-state index < -0.39 is 0 Å². The molecule has 0 unspecified atom stereocenters. The largest absolute Gasteiger partial charge is 0.507 e. The molecular formula is C36H29N4O2Pt-. The summed E-state index contributed by atoms with van der Waals surface area (Å²) >= 11 is 0. The van der Waals surface area contributed by atoms with Crippen molar-refractivity contribution < 1.29 is 30.9 Å². The first-order chi connectivity index (χ1) is 20.3. The average molecular weight is 745 g/mol. The molecule has 0 atom stereocenters. The predicted octanol–water partition coefficient (Wildman–Crippen LogP) is 8.46. The molecule has 0 aliphatic rings. The van der Waals surface area contributed by atoms with E-state index in [0.717, 1.165) is 50.6 Å². The molecule has 0 spiro atoms. The Hall–Kier alpha value is -4.67. The zero-order chi connectivity index (χ0) is 29.2. The fraction of sp³-hybridized carbons (Fsp3) is 0.111. The van der Waals surface area contributed by atoms with Gasteiger partial charge in [-0.3, -0.25) is 15.0 Å². The molecule has 0 bridgehead atoms. The van der Waals surface area contributed by atoms with Crippen molar-refractivity contribution in [3.8, 4) is 62.1 Å². The fourth-order valence-electron chi connectivity index (χ4n) is 5.09. The summed E-state index contributed by atoms with van der Waals surface area (Å²) in [4.78, 5) is 18.5. The number of hydrogen-bond donors (Lipinski definition) is 1. The van der Waals surface area contributed by atoms with Crippen molar-refractivity contribution in [1.29, 1.82) is 0 Å². The van der Waals surface area contributed by atoms with Crippen LogP contribution >= 0.6 is 0 Å². The molecule has 0 fully saturated rings. The zero-order valence-corrected chi connectivity index (χ0v) is 26.5. The molecule has 216 valence electrons. The molecule has 2 aromatic carbocycles. The molecule has 4 aromatic heterocycles. The van der Waals surface area contributed by atoms with Gasteiger partial charge in [-0.2, -0.15) is 0 Å². The van der Waals surface area contributed by atoms with Gasteiger partial charge in [0.05, 0.1) is 5.69 Å². The Morgan fingerprint density at radius 2 is 1.16 bits per heavy atom. The number of aromatic nitrogens is 4. The average Bonchev–Trinajstić information content (AvgIpc) is 2.96. The van der Waals surface area contributed by atoms with E-state index in [9.17, 15) is 5.11 Å². The van der Waals surface area contributed by atoms with Crippen molar-refractivity contribution in [2.75, 3.05) is 0 Å². The summed E-state index contributed by atoms with van der Waals surface area (Å²) in [5.74, 6) is 1.15. The van der Waals surface area contributed by atoms with Crippen LogP contribution in [0.4, 0.5) is 0 Å². The molecule has 1 N–H and O–H groups in total. The first-order valence-electron chi connectivity index (χ1n) is 13.7. The Bertz CT molecular complexity index is 1890. The van der Waals surface area contributed by atoms with Gasteiger partial charge in [0.2, 0.25) is 5.88 Å². The van der Waals surface area contributed by atoms with Gasteiger partial charge in [0, 0.05) is 67.4 Å². The second-order valence-electron chi connectivity index (χ2n) is 10.3. The summed E-state index contributed by atoms with van der Waals surface area (Å²) in [7, 11) is 0. The van der Waals surface area contributed by atoms with Gasteiger partial charge in [-0.25, -0.2) is 4.98 Å². The number of rotatable bonds is 6. The topological polar surface area (TPSA) is 81.0 Å². The number of pyridine rings is 4. The summed E-state index contributed by atoms with van der Waals surface area (Å²) in [6.45, 7) is 7.94. The first-order valence-corrected chi connectivity index (χ1v) is 13.7. The number of hydrogen-bond acceptors (Lipinski definition) is 6. The maximum absolute atomic E-state index is 10.7. The maximum atomic E-state index is 10.7. The molecule has 7 heteroatoms. The van der Waals surface area contributed by atoms with E-state index in [0.29, 0.717) is 28.6 Å². The Kier molecular flexibility index (Phi) is 8.79. The van der Waals surface area contributed by atoms with Gasteiger partial charge in [0.1, 0.15) is 5.75 Å². The molecule has 4 heterocycles. The summed E-state index contributed by atoms with van der Waals surface area (Å²) in [6.07, 6.45) is 1.69. The number of aromatic hydroxyl groups is 1. The van der Waals surface area contributed by atoms with Crippen LogP contribution in [0.1, 0.15) is 22.8 Å². The van der Waals surface area contributed by atoms with Crippen molar-refractivity contribution in [2.45, 2.75) is 27.7 Å². The number of nitrogens with zero attached hydrogens (tertiary/aromatic N) is 4. The Morgan fingerprint density at radius 3 is 1.77 bits per heavy atom. The molecule has 0 saturated carbocycles. The number of para-hydroxylation sites is 1. The van der Waals surface area contributed by atoms with Gasteiger partial charge < -0.3 is 9.84 Å². The van der Waals surface area contributed by atoms with E-state index in [1.165, 1.54) is 0 Å². The van der Waals surface area contributed by atoms with E-state index in [1.807, 2.05) is 76.2 Å². The van der Waals surface area contributed by atoms with Crippen molar-refractivity contribution in [3.05, 3.63) is 126 Å². The van der Waals surface area contributed by atoms with Crippen molar-refractivity contribution >= 4 is 0 Å². The summed E-state index contributed by atoms with van der Waals surface area (Å²) < 4.78 is 6.19. The van der Waals surface area contributed by atoms with Crippen molar-refractivity contribution in [1.82, 2.24) is 19.9 Å². The van der Waals surface area contributed by atoms with E-state index in [1.54, 1.807) is 18.3 Å². The van der Waals surface area contributed by atoms with Gasteiger partial charge >= 0.3 is 0 Å². The minimum Gasteiger partial charge on any atom is -0.507 e. The van der Waals surface area contributed by atoms with Crippen LogP contribution < -0.4 is 4.74 Å². The fourth-order valence-corrected chi connectivity index (χ4v) is 5.09. The maximum Gasteiger partial charge on any atom is 0.217 e. The number of benzene rings is 2. The Balaban J connectivity index is 0.00000368. The van der Waals surface area contributed by atoms with E-state index in [4.69, 9.17) is 9.72 Å². The predicted molar refractivity (Wildman–Crippen MR) is 165 cm³/mol. The number of phenolic OH excluding ortho intramolecular Hbond substituents is 1. The van der Waals surface area contributed by atoms with Gasteiger partial charge in [0.25, 0.3) is 0 Å². The molecule has 6 nitrogen and oxygen atoms in total. The van der Waals surface area contributed by atoms with Gasteiger partial charge in [-0.15, -0.1) is 11.6 Å². The second-order valence-corrected chi connectivity index (χ2v) is 10.3. The van der Waals surface area contributed by atoms with Crippen LogP contribution in [0.5, 0.6) is 17.4 Å². The zero-order valence-electron chi connectivity index (χ0n) is 24.2. The van der Waals surface area contributed by atoms with Gasteiger partial charge in [-0.1, -0.05) is 42.0 Å². The third-order valence-electron chi connectivity index (χ3n) is 6.81. The van der Waals surface area contributed by atoms with E-state index in [2.05, 4.69) is 51.4 Å². The molecule has 6 aromatic rings. The van der Waals surface area contributed by atoms with Crippen LogP contribution in [0.3, 0.4) is 0 Å². The van der Waals surface area contributed by atoms with Gasteiger partial charge in [0.15, 0.2) is 0 Å². The van der Waals surface area contributed by atoms with Crippen LogP contribution in [0, 0.1) is 33.8 Å². The first kappa shape index (κ1) is 29.8. The third kappa shape index (κ3) is 6.87. The smallest absolute Gasteiger partial charge is 0.217 e. The normalized spacial score (nSPS) is 10.7. The molecule has 0 aliphatic carbocycles. The van der Waals surface area contributed by atoms with Crippen LogP contribution in [0.25, 0.3) is 44.8 Å². The van der Waals surface area contributed by atoms with Crippen molar-refractivity contribution in [2.24, 2.45) is 0 Å². The second kappa shape index (κ2) is 12.7. The minimum atomic E-state index is 0. The van der Waals surface area contributed by atoms with Crippen LogP contribution in [-0.2, 0) is 21.1 Å². The molecule has 6 rings (SSSR count). The molecule has 0 radical (unpaired) electrons. The Labute approximate surface area is 265 Å². The minimum absolute atomic E-state index is 0. The van der Waals surface area contributed by atoms with Crippen LogP contribution in [-0.4, -0.2) is 25.0 Å². The number of phenols is 1. The van der Waals surface area contributed by atoms with Crippen LogP contribution in [0.15, 0.2) is 97.2 Å². The molecule has 0 aliphatic heterocycles. The Morgan fingerprint density at radius 1 is 0.605 bits per heavy atom.